The number of piperidine rings is 1. The van der Waals surface area contributed by atoms with Gasteiger partial charge in [-0.1, -0.05) is 18.2 Å². The van der Waals surface area contributed by atoms with Crippen LogP contribution in [0.15, 0.2) is 53.6 Å². The maximum Gasteiger partial charge on any atom is 0.245 e. The van der Waals surface area contributed by atoms with Gasteiger partial charge in [0.05, 0.1) is 0 Å². The minimum Gasteiger partial charge on any atom is -0.474 e. The van der Waals surface area contributed by atoms with Crippen molar-refractivity contribution in [1.82, 2.24) is 9.29 Å². The predicted molar refractivity (Wildman–Crippen MR) is 83.0 cm³/mol. The van der Waals surface area contributed by atoms with Crippen LogP contribution in [0.3, 0.4) is 0 Å². The first-order valence-corrected chi connectivity index (χ1v) is 8.84. The first kappa shape index (κ1) is 15.9. The van der Waals surface area contributed by atoms with E-state index in [2.05, 4.69) is 4.98 Å². The number of hydrogen-bond donors (Lipinski definition) is 0. The molecular weight excluding hydrogens is 319 g/mol. The summed E-state index contributed by atoms with van der Waals surface area (Å²) in [5.41, 5.74) is 0. The Hall–Kier alpha value is -1.99. The van der Waals surface area contributed by atoms with E-state index in [0.717, 1.165) is 6.07 Å². The maximum atomic E-state index is 13.8. The lowest BCUT2D eigenvalue weighted by atomic mass is 10.1. The van der Waals surface area contributed by atoms with E-state index in [1.165, 1.54) is 22.5 Å². The van der Waals surface area contributed by atoms with E-state index in [9.17, 15) is 12.8 Å². The highest BCUT2D eigenvalue weighted by Crippen LogP contribution is 2.24. The normalized spacial score (nSPS) is 17.1. The Morgan fingerprint density at radius 3 is 2.43 bits per heavy atom. The van der Waals surface area contributed by atoms with Crippen LogP contribution in [-0.4, -0.2) is 36.9 Å². The minimum atomic E-state index is -3.80. The van der Waals surface area contributed by atoms with E-state index >= 15 is 0 Å². The Morgan fingerprint density at radius 2 is 1.78 bits per heavy atom. The van der Waals surface area contributed by atoms with Gasteiger partial charge in [-0.15, -0.1) is 0 Å². The fourth-order valence-electron chi connectivity index (χ4n) is 2.57. The average molecular weight is 336 g/mol. The summed E-state index contributed by atoms with van der Waals surface area (Å²) < 4.78 is 45.8. The third-order valence-electron chi connectivity index (χ3n) is 3.78. The van der Waals surface area contributed by atoms with Crippen molar-refractivity contribution in [1.29, 1.82) is 0 Å². The van der Waals surface area contributed by atoms with Gasteiger partial charge in [-0.2, -0.15) is 4.31 Å². The molecular formula is C16H17FN2O3S. The molecule has 0 saturated carbocycles. The average Bonchev–Trinajstić information content (AvgIpc) is 2.56. The van der Waals surface area contributed by atoms with Crippen molar-refractivity contribution in [3.8, 4) is 5.88 Å². The molecule has 0 bridgehead atoms. The fourth-order valence-corrected chi connectivity index (χ4v) is 4.11. The number of hydrogen-bond acceptors (Lipinski definition) is 4. The van der Waals surface area contributed by atoms with Crippen LogP contribution < -0.4 is 4.74 Å². The summed E-state index contributed by atoms with van der Waals surface area (Å²) in [6.07, 6.45) is 2.65. The van der Waals surface area contributed by atoms with Crippen LogP contribution in [0.2, 0.25) is 0 Å². The molecule has 7 heteroatoms. The van der Waals surface area contributed by atoms with Crippen molar-refractivity contribution >= 4 is 10.0 Å². The summed E-state index contributed by atoms with van der Waals surface area (Å²) >= 11 is 0. The molecule has 1 aliphatic heterocycles. The number of aromatic nitrogens is 1. The minimum absolute atomic E-state index is 0.0861. The van der Waals surface area contributed by atoms with Crippen molar-refractivity contribution in [3.05, 3.63) is 54.5 Å². The Bertz CT molecular complexity index is 760. The molecule has 23 heavy (non-hydrogen) atoms. The van der Waals surface area contributed by atoms with Crippen LogP contribution in [-0.2, 0) is 10.0 Å². The fraction of sp³-hybridized carbons (Fsp3) is 0.312. The summed E-state index contributed by atoms with van der Waals surface area (Å²) in [7, 11) is -3.80. The quantitative estimate of drug-likeness (QED) is 0.860. The summed E-state index contributed by atoms with van der Waals surface area (Å²) in [6.45, 7) is 0.600. The third-order valence-corrected chi connectivity index (χ3v) is 5.71. The number of halogens is 1. The van der Waals surface area contributed by atoms with E-state index < -0.39 is 15.8 Å². The van der Waals surface area contributed by atoms with E-state index in [4.69, 9.17) is 4.74 Å². The molecule has 122 valence electrons. The maximum absolute atomic E-state index is 13.8. The van der Waals surface area contributed by atoms with E-state index in [1.54, 1.807) is 18.3 Å². The van der Waals surface area contributed by atoms with Crippen LogP contribution in [0.25, 0.3) is 0 Å². The highest BCUT2D eigenvalue weighted by Gasteiger charge is 2.31. The number of ether oxygens (including phenoxy) is 1. The molecule has 5 nitrogen and oxygen atoms in total. The summed E-state index contributed by atoms with van der Waals surface area (Å²) in [6, 6.07) is 10.8. The lowest BCUT2D eigenvalue weighted by Gasteiger charge is -2.31. The van der Waals surface area contributed by atoms with Crippen molar-refractivity contribution in [2.45, 2.75) is 23.8 Å². The molecule has 0 aliphatic carbocycles. The molecule has 2 aromatic rings. The highest BCUT2D eigenvalue weighted by molar-refractivity contribution is 7.89. The van der Waals surface area contributed by atoms with Gasteiger partial charge in [-0.3, -0.25) is 0 Å². The van der Waals surface area contributed by atoms with Gasteiger partial charge in [0, 0.05) is 25.4 Å². The first-order chi connectivity index (χ1) is 11.1. The van der Waals surface area contributed by atoms with E-state index in [-0.39, 0.29) is 11.0 Å². The number of benzene rings is 1. The molecule has 0 unspecified atom stereocenters. The molecule has 0 amide bonds. The number of nitrogens with zero attached hydrogens (tertiary/aromatic N) is 2. The smallest absolute Gasteiger partial charge is 0.245 e. The third kappa shape index (κ3) is 3.51. The summed E-state index contributed by atoms with van der Waals surface area (Å²) in [5.74, 6) is -0.192. The van der Waals surface area contributed by atoms with E-state index in [0.29, 0.717) is 31.8 Å². The van der Waals surface area contributed by atoms with Crippen LogP contribution in [0.4, 0.5) is 4.39 Å². The molecule has 1 saturated heterocycles. The Balaban J connectivity index is 1.66. The van der Waals surface area contributed by atoms with Crippen molar-refractivity contribution in [2.24, 2.45) is 0 Å². The lowest BCUT2D eigenvalue weighted by molar-refractivity contribution is 0.130. The largest absolute Gasteiger partial charge is 0.474 e. The van der Waals surface area contributed by atoms with Crippen molar-refractivity contribution in [3.63, 3.8) is 0 Å². The summed E-state index contributed by atoms with van der Waals surface area (Å²) in [4.78, 5) is 3.82. The topological polar surface area (TPSA) is 59.5 Å². The van der Waals surface area contributed by atoms with Gasteiger partial charge in [0.2, 0.25) is 15.9 Å². The van der Waals surface area contributed by atoms with E-state index in [1.807, 2.05) is 6.07 Å². The molecule has 2 heterocycles. The molecule has 3 rings (SSSR count). The zero-order valence-corrected chi connectivity index (χ0v) is 13.2. The highest BCUT2D eigenvalue weighted by atomic mass is 32.2. The first-order valence-electron chi connectivity index (χ1n) is 7.40. The SMILES string of the molecule is O=S(=O)(c1ccccc1F)N1CCC(Oc2ccccn2)CC1. The van der Waals surface area contributed by atoms with Crippen molar-refractivity contribution < 1.29 is 17.5 Å². The van der Waals surface area contributed by atoms with Crippen molar-refractivity contribution in [2.75, 3.05) is 13.1 Å². The Morgan fingerprint density at radius 1 is 1.09 bits per heavy atom. The number of pyridine rings is 1. The predicted octanol–water partition coefficient (Wildman–Crippen LogP) is 2.45. The van der Waals surface area contributed by atoms with Gasteiger partial charge >= 0.3 is 0 Å². The second-order valence-corrected chi connectivity index (χ2v) is 7.23. The molecule has 1 aliphatic rings. The van der Waals surface area contributed by atoms with Gasteiger partial charge in [0.25, 0.3) is 0 Å². The standard InChI is InChI=1S/C16H17FN2O3S/c17-14-5-1-2-6-15(14)23(20,21)19-11-8-13(9-12-19)22-16-7-3-4-10-18-16/h1-7,10,13H,8-9,11-12H2. The second kappa shape index (κ2) is 6.64. The summed E-state index contributed by atoms with van der Waals surface area (Å²) in [5, 5.41) is 0. The molecule has 0 radical (unpaired) electrons. The molecule has 1 fully saturated rings. The molecule has 0 spiro atoms. The molecule has 0 N–H and O–H groups in total. The van der Waals surface area contributed by atoms with Gasteiger partial charge < -0.3 is 4.74 Å². The van der Waals surface area contributed by atoms with Gasteiger partial charge in [0.15, 0.2) is 0 Å². The monoisotopic (exact) mass is 336 g/mol. The molecule has 1 aromatic carbocycles. The second-order valence-electron chi connectivity index (χ2n) is 5.32. The van der Waals surface area contributed by atoms with Crippen LogP contribution in [0, 0.1) is 5.82 Å². The number of sulfonamides is 1. The zero-order chi connectivity index (χ0) is 16.3. The van der Waals surface area contributed by atoms with Gasteiger partial charge in [0.1, 0.15) is 16.8 Å². The Labute approximate surface area is 134 Å². The van der Waals surface area contributed by atoms with Crippen LogP contribution in [0.5, 0.6) is 5.88 Å². The number of rotatable bonds is 4. The molecule has 0 atom stereocenters. The van der Waals surface area contributed by atoms with Gasteiger partial charge in [-0.25, -0.2) is 17.8 Å². The van der Waals surface area contributed by atoms with Crippen LogP contribution in [0.1, 0.15) is 12.8 Å². The van der Waals surface area contributed by atoms with Gasteiger partial charge in [-0.05, 0) is 31.0 Å². The lowest BCUT2D eigenvalue weighted by Crippen LogP contribution is -2.42. The van der Waals surface area contributed by atoms with Crippen LogP contribution >= 0.6 is 0 Å². The Kier molecular flexibility index (Phi) is 4.58. The molecule has 1 aromatic heterocycles. The zero-order valence-electron chi connectivity index (χ0n) is 12.4.